The van der Waals surface area contributed by atoms with Crippen LogP contribution in [-0.2, 0) is 19.1 Å². The summed E-state index contributed by atoms with van der Waals surface area (Å²) in [6.07, 6.45) is -0.0976. The number of benzene rings is 2. The van der Waals surface area contributed by atoms with Crippen molar-refractivity contribution in [2.45, 2.75) is 27.2 Å². The fourth-order valence-corrected chi connectivity index (χ4v) is 3.68. The zero-order valence-corrected chi connectivity index (χ0v) is 19.6. The number of rotatable bonds is 6. The summed E-state index contributed by atoms with van der Waals surface area (Å²) in [5.74, 6) is -2.73. The number of nitrogens with zero attached hydrogens (tertiary/aromatic N) is 1. The van der Waals surface area contributed by atoms with E-state index in [9.17, 15) is 19.2 Å². The Labute approximate surface area is 194 Å². The van der Waals surface area contributed by atoms with E-state index < -0.39 is 36.2 Å². The molecule has 0 aromatic heterocycles. The first-order valence-corrected chi connectivity index (χ1v) is 10.8. The van der Waals surface area contributed by atoms with Gasteiger partial charge in [0.1, 0.15) is 0 Å². The molecule has 0 radical (unpaired) electrons. The lowest BCUT2D eigenvalue weighted by molar-refractivity contribution is -0.151. The number of hydrogen-bond donors (Lipinski definition) is 2. The van der Waals surface area contributed by atoms with E-state index in [-0.39, 0.29) is 13.0 Å². The van der Waals surface area contributed by atoms with Gasteiger partial charge in [-0.3, -0.25) is 29.6 Å². The largest absolute Gasteiger partial charge is 0.455 e. The van der Waals surface area contributed by atoms with Gasteiger partial charge in [0.15, 0.2) is 6.61 Å². The molecule has 0 unspecified atom stereocenters. The highest BCUT2D eigenvalue weighted by molar-refractivity contribution is 9.10. The molecule has 1 atom stereocenters. The Morgan fingerprint density at radius 1 is 1.09 bits per heavy atom. The minimum atomic E-state index is -0.759. The van der Waals surface area contributed by atoms with Gasteiger partial charge in [0.25, 0.3) is 11.8 Å². The molecule has 1 fully saturated rings. The van der Waals surface area contributed by atoms with Crippen LogP contribution >= 0.6 is 15.9 Å². The Hall–Kier alpha value is -3.20. The number of nitrogens with one attached hydrogen (secondary N) is 2. The molecule has 0 bridgehead atoms. The second kappa shape index (κ2) is 9.95. The molecule has 2 N–H and O–H groups in total. The van der Waals surface area contributed by atoms with Gasteiger partial charge in [0.05, 0.1) is 12.5 Å². The number of aryl methyl sites for hydroxylation is 3. The molecule has 3 amide bonds. The average Bonchev–Trinajstić information content (AvgIpc) is 3.11. The van der Waals surface area contributed by atoms with E-state index >= 15 is 0 Å². The lowest BCUT2D eigenvalue weighted by Gasteiger charge is -2.17. The summed E-state index contributed by atoms with van der Waals surface area (Å²) in [7, 11) is 0. The van der Waals surface area contributed by atoms with Gasteiger partial charge in [-0.1, -0.05) is 33.6 Å². The van der Waals surface area contributed by atoms with Gasteiger partial charge < -0.3 is 10.1 Å². The summed E-state index contributed by atoms with van der Waals surface area (Å²) in [6.45, 7) is 5.19. The topological polar surface area (TPSA) is 105 Å². The Bertz CT molecular complexity index is 1070. The number of amides is 3. The van der Waals surface area contributed by atoms with Crippen LogP contribution in [0.25, 0.3) is 0 Å². The van der Waals surface area contributed by atoms with Gasteiger partial charge in [0.2, 0.25) is 5.91 Å². The Balaban J connectivity index is 1.50. The Kier molecular flexibility index (Phi) is 7.29. The molecule has 9 heteroatoms. The first-order valence-electron chi connectivity index (χ1n) is 10.1. The summed E-state index contributed by atoms with van der Waals surface area (Å²) < 4.78 is 6.04. The number of carbonyl (C=O) groups excluding carboxylic acids is 4. The maximum atomic E-state index is 12.4. The van der Waals surface area contributed by atoms with Crippen LogP contribution in [0.2, 0.25) is 0 Å². The van der Waals surface area contributed by atoms with Crippen LogP contribution in [0.4, 0.5) is 5.69 Å². The summed E-state index contributed by atoms with van der Waals surface area (Å²) in [4.78, 5) is 49.1. The van der Waals surface area contributed by atoms with Gasteiger partial charge >= 0.3 is 5.97 Å². The van der Waals surface area contributed by atoms with E-state index in [1.165, 1.54) is 0 Å². The van der Waals surface area contributed by atoms with Crippen LogP contribution in [0.1, 0.15) is 33.5 Å². The predicted octanol–water partition coefficient (Wildman–Crippen LogP) is 3.05. The van der Waals surface area contributed by atoms with Crippen molar-refractivity contribution in [1.82, 2.24) is 10.4 Å². The van der Waals surface area contributed by atoms with Gasteiger partial charge in [-0.05, 0) is 56.2 Å². The number of hydrazine groups is 1. The number of esters is 1. The molecule has 1 heterocycles. The molecule has 0 aliphatic carbocycles. The zero-order valence-electron chi connectivity index (χ0n) is 18.0. The van der Waals surface area contributed by atoms with Crippen LogP contribution in [0.5, 0.6) is 0 Å². The molecule has 3 rings (SSSR count). The molecule has 1 aliphatic rings. The average molecular weight is 502 g/mol. The first kappa shape index (κ1) is 23.5. The number of ether oxygens (including phenoxy) is 1. The second-order valence-corrected chi connectivity index (χ2v) is 8.64. The summed E-state index contributed by atoms with van der Waals surface area (Å²) in [6, 6.07) is 10.6. The number of anilines is 1. The lowest BCUT2D eigenvalue weighted by atomic mass is 10.1. The van der Waals surface area contributed by atoms with Crippen LogP contribution < -0.4 is 10.7 Å². The van der Waals surface area contributed by atoms with Gasteiger partial charge in [-0.25, -0.2) is 0 Å². The van der Waals surface area contributed by atoms with Crippen molar-refractivity contribution in [3.63, 3.8) is 0 Å². The fourth-order valence-electron chi connectivity index (χ4n) is 3.22. The molecule has 168 valence electrons. The Morgan fingerprint density at radius 3 is 2.47 bits per heavy atom. The minimum Gasteiger partial charge on any atom is -0.455 e. The van der Waals surface area contributed by atoms with Gasteiger partial charge in [0, 0.05) is 22.1 Å². The molecule has 32 heavy (non-hydrogen) atoms. The van der Waals surface area contributed by atoms with E-state index in [4.69, 9.17) is 4.74 Å². The maximum absolute atomic E-state index is 12.4. The van der Waals surface area contributed by atoms with Crippen molar-refractivity contribution in [2.75, 3.05) is 18.5 Å². The highest BCUT2D eigenvalue weighted by atomic mass is 79.9. The molecule has 2 aromatic rings. The molecular weight excluding hydrogens is 478 g/mol. The molecule has 1 saturated heterocycles. The normalized spacial score (nSPS) is 15.4. The standard InChI is InChI=1S/C23H24BrN3O5/c1-13-4-6-16(7-5-13)22(30)26-27-11-17(10-21(27)29)23(31)32-12-20(28)25-19-9-14(2)18(24)8-15(19)3/h4-9,17H,10-12H2,1-3H3,(H,25,28)(H,26,30)/t17-/m1/s1. The van der Waals surface area contributed by atoms with Crippen molar-refractivity contribution in [2.24, 2.45) is 5.92 Å². The van der Waals surface area contributed by atoms with Crippen LogP contribution in [-0.4, -0.2) is 41.9 Å². The molecule has 1 aliphatic heterocycles. The summed E-state index contributed by atoms with van der Waals surface area (Å²) in [5, 5.41) is 3.83. The van der Waals surface area contributed by atoms with Crippen molar-refractivity contribution < 1.29 is 23.9 Å². The number of halogens is 1. The SMILES string of the molecule is Cc1ccc(C(=O)NN2C[C@H](C(=O)OCC(=O)Nc3cc(C)c(Br)cc3C)CC2=O)cc1. The summed E-state index contributed by atoms with van der Waals surface area (Å²) in [5.41, 5.74) is 6.39. The van der Waals surface area contributed by atoms with E-state index in [1.807, 2.05) is 32.9 Å². The zero-order chi connectivity index (χ0) is 23.4. The van der Waals surface area contributed by atoms with E-state index in [2.05, 4.69) is 26.7 Å². The van der Waals surface area contributed by atoms with E-state index in [0.717, 1.165) is 26.2 Å². The molecule has 0 spiro atoms. The lowest BCUT2D eigenvalue weighted by Crippen LogP contribution is -2.43. The maximum Gasteiger partial charge on any atom is 0.311 e. The molecule has 0 saturated carbocycles. The van der Waals surface area contributed by atoms with Gasteiger partial charge in [-0.15, -0.1) is 0 Å². The van der Waals surface area contributed by atoms with Crippen molar-refractivity contribution >= 4 is 45.3 Å². The third kappa shape index (κ3) is 5.73. The molecule has 8 nitrogen and oxygen atoms in total. The predicted molar refractivity (Wildman–Crippen MR) is 122 cm³/mol. The fraction of sp³-hybridized carbons (Fsp3) is 0.304. The van der Waals surface area contributed by atoms with Crippen molar-refractivity contribution in [3.8, 4) is 0 Å². The monoisotopic (exact) mass is 501 g/mol. The second-order valence-electron chi connectivity index (χ2n) is 7.78. The highest BCUT2D eigenvalue weighted by Gasteiger charge is 2.36. The third-order valence-corrected chi connectivity index (χ3v) is 5.99. The molecule has 2 aromatic carbocycles. The van der Waals surface area contributed by atoms with Crippen molar-refractivity contribution in [3.05, 3.63) is 63.1 Å². The van der Waals surface area contributed by atoms with E-state index in [0.29, 0.717) is 11.3 Å². The van der Waals surface area contributed by atoms with Crippen LogP contribution in [0.15, 0.2) is 40.9 Å². The summed E-state index contributed by atoms with van der Waals surface area (Å²) >= 11 is 3.43. The van der Waals surface area contributed by atoms with Crippen LogP contribution in [0, 0.1) is 26.7 Å². The third-order valence-electron chi connectivity index (χ3n) is 5.13. The number of hydrogen-bond acceptors (Lipinski definition) is 5. The van der Waals surface area contributed by atoms with Crippen molar-refractivity contribution in [1.29, 1.82) is 0 Å². The number of carbonyl (C=O) groups is 4. The smallest absolute Gasteiger partial charge is 0.311 e. The quantitative estimate of drug-likeness (QED) is 0.591. The Morgan fingerprint density at radius 2 is 1.78 bits per heavy atom. The first-order chi connectivity index (χ1) is 15.1. The van der Waals surface area contributed by atoms with E-state index in [1.54, 1.807) is 24.3 Å². The minimum absolute atomic E-state index is 0.0120. The molecular formula is C23H24BrN3O5. The van der Waals surface area contributed by atoms with Gasteiger partial charge in [-0.2, -0.15) is 0 Å². The van der Waals surface area contributed by atoms with Crippen LogP contribution in [0.3, 0.4) is 0 Å². The highest BCUT2D eigenvalue weighted by Crippen LogP contribution is 2.24.